The van der Waals surface area contributed by atoms with Crippen molar-refractivity contribution in [2.45, 2.75) is 51.1 Å². The summed E-state index contributed by atoms with van der Waals surface area (Å²) >= 11 is 0. The van der Waals surface area contributed by atoms with Gasteiger partial charge in [-0.2, -0.15) is 0 Å². The number of ether oxygens (including phenoxy) is 1. The van der Waals surface area contributed by atoms with Gasteiger partial charge in [-0.15, -0.1) is 0 Å². The van der Waals surface area contributed by atoms with Gasteiger partial charge < -0.3 is 20.1 Å². The first kappa shape index (κ1) is 16.3. The zero-order valence-corrected chi connectivity index (χ0v) is 12.1. The molecular formula is C13H22N2O5. The standard InChI is InChI=1S/C13H22N2O5/c1-13(2)7-4-8-15(13)12(19)14-9(11(17)18)5-6-10(16)20-3/h9H,4-8H2,1-3H3,(H,14,19)(H,17,18)/t9-/m1/s1. The average molecular weight is 286 g/mol. The van der Waals surface area contributed by atoms with Gasteiger partial charge in [0.1, 0.15) is 6.04 Å². The van der Waals surface area contributed by atoms with Crippen molar-refractivity contribution in [1.29, 1.82) is 0 Å². The Kier molecular flexibility index (Phi) is 5.35. The fourth-order valence-corrected chi connectivity index (χ4v) is 2.33. The molecule has 1 aliphatic rings. The average Bonchev–Trinajstić information content (AvgIpc) is 2.73. The topological polar surface area (TPSA) is 95.9 Å². The molecule has 0 saturated carbocycles. The molecule has 1 saturated heterocycles. The number of nitrogens with zero attached hydrogens (tertiary/aromatic N) is 1. The van der Waals surface area contributed by atoms with Gasteiger partial charge in [0.15, 0.2) is 0 Å². The number of hydrogen-bond donors (Lipinski definition) is 2. The first-order chi connectivity index (χ1) is 9.27. The molecule has 0 aliphatic carbocycles. The highest BCUT2D eigenvalue weighted by molar-refractivity contribution is 5.83. The third-order valence-electron chi connectivity index (χ3n) is 3.61. The van der Waals surface area contributed by atoms with Crippen molar-refractivity contribution in [3.63, 3.8) is 0 Å². The molecule has 20 heavy (non-hydrogen) atoms. The molecule has 2 N–H and O–H groups in total. The lowest BCUT2D eigenvalue weighted by molar-refractivity contribution is -0.142. The molecule has 1 fully saturated rings. The monoisotopic (exact) mass is 286 g/mol. The highest BCUT2D eigenvalue weighted by Crippen LogP contribution is 2.28. The lowest BCUT2D eigenvalue weighted by Crippen LogP contribution is -2.52. The number of methoxy groups -OCH3 is 1. The Morgan fingerprint density at radius 2 is 2.05 bits per heavy atom. The number of urea groups is 1. The smallest absolute Gasteiger partial charge is 0.326 e. The third kappa shape index (κ3) is 4.11. The lowest BCUT2D eigenvalue weighted by Gasteiger charge is -2.32. The minimum absolute atomic E-state index is 0.0159. The van der Waals surface area contributed by atoms with Crippen molar-refractivity contribution in [2.75, 3.05) is 13.7 Å². The summed E-state index contributed by atoms with van der Waals surface area (Å²) < 4.78 is 4.46. The summed E-state index contributed by atoms with van der Waals surface area (Å²) in [6.45, 7) is 4.51. The zero-order valence-electron chi connectivity index (χ0n) is 12.1. The second-order valence-electron chi connectivity index (χ2n) is 5.52. The van der Waals surface area contributed by atoms with Crippen molar-refractivity contribution in [1.82, 2.24) is 10.2 Å². The van der Waals surface area contributed by atoms with E-state index in [1.54, 1.807) is 4.90 Å². The van der Waals surface area contributed by atoms with Crippen LogP contribution in [-0.4, -0.2) is 53.2 Å². The normalized spacial score (nSPS) is 18.4. The Labute approximate surface area is 118 Å². The molecule has 7 nitrogen and oxygen atoms in total. The van der Waals surface area contributed by atoms with Crippen LogP contribution < -0.4 is 5.32 Å². The molecule has 1 rings (SSSR count). The molecular weight excluding hydrogens is 264 g/mol. The summed E-state index contributed by atoms with van der Waals surface area (Å²) in [7, 11) is 1.24. The molecule has 0 aromatic carbocycles. The first-order valence-electron chi connectivity index (χ1n) is 6.65. The largest absolute Gasteiger partial charge is 0.480 e. The van der Waals surface area contributed by atoms with Crippen LogP contribution in [0.3, 0.4) is 0 Å². The number of amides is 2. The second kappa shape index (κ2) is 6.58. The van der Waals surface area contributed by atoms with Gasteiger partial charge in [-0.05, 0) is 33.1 Å². The SMILES string of the molecule is COC(=O)CC[C@@H](NC(=O)N1CCCC1(C)C)C(=O)O. The van der Waals surface area contributed by atoms with Crippen LogP contribution >= 0.6 is 0 Å². The van der Waals surface area contributed by atoms with E-state index < -0.39 is 24.0 Å². The van der Waals surface area contributed by atoms with Gasteiger partial charge in [0.2, 0.25) is 0 Å². The maximum Gasteiger partial charge on any atom is 0.326 e. The molecule has 0 bridgehead atoms. The first-order valence-corrected chi connectivity index (χ1v) is 6.65. The van der Waals surface area contributed by atoms with E-state index in [2.05, 4.69) is 10.1 Å². The summed E-state index contributed by atoms with van der Waals surface area (Å²) in [6.07, 6.45) is 1.76. The highest BCUT2D eigenvalue weighted by Gasteiger charge is 2.36. The number of hydrogen-bond acceptors (Lipinski definition) is 4. The predicted molar refractivity (Wildman–Crippen MR) is 71.2 cm³/mol. The van der Waals surface area contributed by atoms with Crippen LogP contribution in [0.1, 0.15) is 39.5 Å². The van der Waals surface area contributed by atoms with Crippen LogP contribution in [0, 0.1) is 0 Å². The van der Waals surface area contributed by atoms with Crippen molar-refractivity contribution >= 4 is 18.0 Å². The van der Waals surface area contributed by atoms with E-state index in [1.807, 2.05) is 13.8 Å². The number of esters is 1. The van der Waals surface area contributed by atoms with E-state index >= 15 is 0 Å². The van der Waals surface area contributed by atoms with Gasteiger partial charge >= 0.3 is 18.0 Å². The summed E-state index contributed by atoms with van der Waals surface area (Å²) in [5.41, 5.74) is -0.268. The van der Waals surface area contributed by atoms with Crippen LogP contribution in [0.2, 0.25) is 0 Å². The number of carbonyl (C=O) groups excluding carboxylic acids is 2. The molecule has 0 aromatic heterocycles. The molecule has 1 heterocycles. The molecule has 1 aliphatic heterocycles. The van der Waals surface area contributed by atoms with Crippen LogP contribution in [0.5, 0.6) is 0 Å². The summed E-state index contributed by atoms with van der Waals surface area (Å²) in [5, 5.41) is 11.6. The highest BCUT2D eigenvalue weighted by atomic mass is 16.5. The fraction of sp³-hybridized carbons (Fsp3) is 0.769. The minimum Gasteiger partial charge on any atom is -0.480 e. The number of likely N-dealkylation sites (tertiary alicyclic amines) is 1. The van der Waals surface area contributed by atoms with E-state index in [0.29, 0.717) is 6.54 Å². The quantitative estimate of drug-likeness (QED) is 0.734. The van der Waals surface area contributed by atoms with Crippen LogP contribution in [0.15, 0.2) is 0 Å². The lowest BCUT2D eigenvalue weighted by atomic mass is 10.0. The number of carboxylic acid groups (broad SMARTS) is 1. The van der Waals surface area contributed by atoms with Gasteiger partial charge in [-0.1, -0.05) is 0 Å². The van der Waals surface area contributed by atoms with Gasteiger partial charge in [-0.3, -0.25) is 4.79 Å². The molecule has 0 spiro atoms. The molecule has 0 unspecified atom stereocenters. The zero-order chi connectivity index (χ0) is 15.3. The number of nitrogens with one attached hydrogen (secondary N) is 1. The Balaban J connectivity index is 2.59. The number of carboxylic acids is 1. The van der Waals surface area contributed by atoms with E-state index in [4.69, 9.17) is 5.11 Å². The minimum atomic E-state index is -1.15. The predicted octanol–water partition coefficient (Wildman–Crippen LogP) is 0.977. The second-order valence-corrected chi connectivity index (χ2v) is 5.52. The van der Waals surface area contributed by atoms with Crippen molar-refractivity contribution in [3.8, 4) is 0 Å². The molecule has 1 atom stereocenters. The van der Waals surface area contributed by atoms with Gasteiger partial charge in [0.05, 0.1) is 7.11 Å². The maximum atomic E-state index is 12.1. The maximum absolute atomic E-state index is 12.1. The van der Waals surface area contributed by atoms with Gasteiger partial charge in [-0.25, -0.2) is 9.59 Å². The van der Waals surface area contributed by atoms with Crippen molar-refractivity contribution < 1.29 is 24.2 Å². The van der Waals surface area contributed by atoms with Gasteiger partial charge in [0.25, 0.3) is 0 Å². The van der Waals surface area contributed by atoms with Gasteiger partial charge in [0, 0.05) is 18.5 Å². The van der Waals surface area contributed by atoms with E-state index in [9.17, 15) is 14.4 Å². The third-order valence-corrected chi connectivity index (χ3v) is 3.61. The van der Waals surface area contributed by atoms with E-state index in [1.165, 1.54) is 7.11 Å². The summed E-state index contributed by atoms with van der Waals surface area (Å²) in [4.78, 5) is 35.9. The number of aliphatic carboxylic acids is 1. The molecule has 0 aromatic rings. The summed E-state index contributed by atoms with van der Waals surface area (Å²) in [5.74, 6) is -1.65. The fourth-order valence-electron chi connectivity index (χ4n) is 2.33. The molecule has 0 radical (unpaired) electrons. The molecule has 7 heteroatoms. The van der Waals surface area contributed by atoms with Crippen molar-refractivity contribution in [3.05, 3.63) is 0 Å². The van der Waals surface area contributed by atoms with Crippen LogP contribution in [0.25, 0.3) is 0 Å². The van der Waals surface area contributed by atoms with Crippen LogP contribution in [0.4, 0.5) is 4.79 Å². The number of carbonyl (C=O) groups is 3. The number of rotatable bonds is 5. The van der Waals surface area contributed by atoms with E-state index in [-0.39, 0.29) is 18.4 Å². The van der Waals surface area contributed by atoms with E-state index in [0.717, 1.165) is 12.8 Å². The van der Waals surface area contributed by atoms with Crippen LogP contribution in [-0.2, 0) is 14.3 Å². The van der Waals surface area contributed by atoms with Crippen molar-refractivity contribution in [2.24, 2.45) is 0 Å². The Hall–Kier alpha value is -1.79. The Morgan fingerprint density at radius 3 is 2.50 bits per heavy atom. The molecule has 114 valence electrons. The Morgan fingerprint density at radius 1 is 1.40 bits per heavy atom. The summed E-state index contributed by atoms with van der Waals surface area (Å²) in [6, 6.07) is -1.48. The Bertz CT molecular complexity index is 394. The molecule has 2 amide bonds.